The Labute approximate surface area is 169 Å². The van der Waals surface area contributed by atoms with E-state index in [4.69, 9.17) is 16.3 Å². The number of benzene rings is 1. The summed E-state index contributed by atoms with van der Waals surface area (Å²) in [5, 5.41) is 8.44. The molecule has 1 unspecified atom stereocenters. The Bertz CT molecular complexity index is 1040. The second-order valence-corrected chi connectivity index (χ2v) is 7.92. The van der Waals surface area contributed by atoms with Crippen LogP contribution < -0.4 is 0 Å². The van der Waals surface area contributed by atoms with Crippen molar-refractivity contribution >= 4 is 28.6 Å². The summed E-state index contributed by atoms with van der Waals surface area (Å²) in [6.45, 7) is 7.73. The number of hydrogen-bond donors (Lipinski definition) is 0. The van der Waals surface area contributed by atoms with Crippen LogP contribution in [0.15, 0.2) is 24.4 Å². The van der Waals surface area contributed by atoms with Gasteiger partial charge in [0.2, 0.25) is 0 Å². The molecule has 3 rings (SSSR count). The van der Waals surface area contributed by atoms with Crippen molar-refractivity contribution in [2.45, 2.75) is 39.5 Å². The maximum absolute atomic E-state index is 12.7. The van der Waals surface area contributed by atoms with E-state index in [2.05, 4.69) is 15.3 Å². The summed E-state index contributed by atoms with van der Waals surface area (Å²) < 4.78 is 6.87. The summed E-state index contributed by atoms with van der Waals surface area (Å²) in [7, 11) is 3.28. The molecule has 1 aromatic carbocycles. The lowest BCUT2D eigenvalue weighted by molar-refractivity contribution is -0.151. The number of hydrogen-bond acceptors (Lipinski definition) is 5. The molecule has 0 aliphatic rings. The summed E-state index contributed by atoms with van der Waals surface area (Å²) in [5.74, 6) is -0.203. The third-order valence-electron chi connectivity index (χ3n) is 5.51. The lowest BCUT2D eigenvalue weighted by Crippen LogP contribution is -2.34. The van der Waals surface area contributed by atoms with Gasteiger partial charge in [-0.3, -0.25) is 9.78 Å². The van der Waals surface area contributed by atoms with E-state index in [1.54, 1.807) is 4.68 Å². The number of methoxy groups -OCH3 is 1. The van der Waals surface area contributed by atoms with E-state index in [1.165, 1.54) is 7.11 Å². The largest absolute Gasteiger partial charge is 0.469 e. The molecule has 0 radical (unpaired) electrons. The average molecular weight is 401 g/mol. The highest BCUT2D eigenvalue weighted by Gasteiger charge is 2.41. The summed E-state index contributed by atoms with van der Waals surface area (Å²) in [5.41, 5.74) is 5.67. The van der Waals surface area contributed by atoms with Gasteiger partial charge in [-0.05, 0) is 56.0 Å². The normalized spacial score (nSPS) is 13.0. The van der Waals surface area contributed by atoms with Crippen LogP contribution in [0, 0.1) is 19.3 Å². The highest BCUT2D eigenvalue weighted by Crippen LogP contribution is 2.44. The smallest absolute Gasteiger partial charge is 0.312 e. The van der Waals surface area contributed by atoms with Crippen molar-refractivity contribution in [1.29, 1.82) is 0 Å². The van der Waals surface area contributed by atoms with E-state index >= 15 is 0 Å². The molecule has 2 aromatic heterocycles. The van der Waals surface area contributed by atoms with Crippen LogP contribution in [-0.2, 0) is 22.5 Å². The SMILES string of the molecule is COC(=O)C(C)(C)C(c1cnc(C)c(CCl)c1)c1ccc2c(nnn2C)c1C. The summed E-state index contributed by atoms with van der Waals surface area (Å²) in [6, 6.07) is 6.06. The quantitative estimate of drug-likeness (QED) is 0.477. The molecule has 28 heavy (non-hydrogen) atoms. The fourth-order valence-electron chi connectivity index (χ4n) is 3.82. The zero-order chi connectivity index (χ0) is 20.6. The number of halogens is 1. The second-order valence-electron chi connectivity index (χ2n) is 7.65. The molecule has 0 aliphatic heterocycles. The van der Waals surface area contributed by atoms with Gasteiger partial charge in [0.05, 0.1) is 18.0 Å². The van der Waals surface area contributed by atoms with Gasteiger partial charge < -0.3 is 4.74 Å². The topological polar surface area (TPSA) is 69.9 Å². The molecule has 148 valence electrons. The molecule has 3 aromatic rings. The minimum Gasteiger partial charge on any atom is -0.469 e. The van der Waals surface area contributed by atoms with E-state index in [1.807, 2.05) is 59.1 Å². The number of nitrogens with zero attached hydrogens (tertiary/aromatic N) is 4. The molecular weight excluding hydrogens is 376 g/mol. The minimum absolute atomic E-state index is 0.276. The van der Waals surface area contributed by atoms with Gasteiger partial charge in [-0.2, -0.15) is 0 Å². The van der Waals surface area contributed by atoms with Crippen LogP contribution in [-0.4, -0.2) is 33.1 Å². The molecule has 0 spiro atoms. The lowest BCUT2D eigenvalue weighted by Gasteiger charge is -2.33. The Morgan fingerprint density at radius 1 is 1.32 bits per heavy atom. The zero-order valence-corrected chi connectivity index (χ0v) is 17.8. The number of fused-ring (bicyclic) bond motifs is 1. The van der Waals surface area contributed by atoms with E-state index in [-0.39, 0.29) is 11.9 Å². The van der Waals surface area contributed by atoms with Gasteiger partial charge in [0.15, 0.2) is 0 Å². The first-order valence-corrected chi connectivity index (χ1v) is 9.64. The summed E-state index contributed by atoms with van der Waals surface area (Å²) in [6.07, 6.45) is 1.82. The molecule has 0 saturated carbocycles. The molecule has 0 amide bonds. The maximum atomic E-state index is 12.7. The molecule has 0 saturated heterocycles. The predicted molar refractivity (Wildman–Crippen MR) is 109 cm³/mol. The third kappa shape index (κ3) is 3.26. The average Bonchev–Trinajstić information content (AvgIpc) is 3.05. The van der Waals surface area contributed by atoms with Gasteiger partial charge in [0, 0.05) is 30.7 Å². The summed E-state index contributed by atoms with van der Waals surface area (Å²) in [4.78, 5) is 17.2. The van der Waals surface area contributed by atoms with Crippen molar-refractivity contribution in [3.63, 3.8) is 0 Å². The van der Waals surface area contributed by atoms with Crippen LogP contribution in [0.1, 0.15) is 47.7 Å². The van der Waals surface area contributed by atoms with Crippen LogP contribution in [0.5, 0.6) is 0 Å². The van der Waals surface area contributed by atoms with Crippen LogP contribution in [0.3, 0.4) is 0 Å². The number of alkyl halides is 1. The molecular formula is C21H25ClN4O2. The second kappa shape index (κ2) is 7.51. The molecule has 0 aliphatic carbocycles. The van der Waals surface area contributed by atoms with Crippen molar-refractivity contribution in [2.24, 2.45) is 12.5 Å². The number of carbonyl (C=O) groups is 1. The fourth-order valence-corrected chi connectivity index (χ4v) is 4.09. The van der Waals surface area contributed by atoms with Crippen molar-refractivity contribution < 1.29 is 9.53 Å². The minimum atomic E-state index is -0.823. The number of aryl methyl sites for hydroxylation is 3. The van der Waals surface area contributed by atoms with Crippen LogP contribution in [0.4, 0.5) is 0 Å². The molecule has 0 fully saturated rings. The van der Waals surface area contributed by atoms with Crippen molar-refractivity contribution in [1.82, 2.24) is 20.0 Å². The van der Waals surface area contributed by atoms with Gasteiger partial charge in [0.1, 0.15) is 5.52 Å². The van der Waals surface area contributed by atoms with E-state index in [0.717, 1.165) is 39.0 Å². The number of esters is 1. The Balaban J connectivity index is 2.28. The van der Waals surface area contributed by atoms with E-state index in [9.17, 15) is 4.79 Å². The number of rotatable bonds is 5. The first kappa shape index (κ1) is 20.3. The van der Waals surface area contributed by atoms with Gasteiger partial charge in [-0.1, -0.05) is 17.3 Å². The van der Waals surface area contributed by atoms with Gasteiger partial charge in [-0.15, -0.1) is 16.7 Å². The third-order valence-corrected chi connectivity index (χ3v) is 5.80. The highest BCUT2D eigenvalue weighted by molar-refractivity contribution is 6.17. The highest BCUT2D eigenvalue weighted by atomic mass is 35.5. The Morgan fingerprint density at radius 2 is 2.04 bits per heavy atom. The summed E-state index contributed by atoms with van der Waals surface area (Å²) >= 11 is 6.12. The number of ether oxygens (including phenoxy) is 1. The van der Waals surface area contributed by atoms with Gasteiger partial charge in [-0.25, -0.2) is 4.68 Å². The first-order chi connectivity index (χ1) is 13.2. The Kier molecular flexibility index (Phi) is 5.44. The first-order valence-electron chi connectivity index (χ1n) is 9.11. The molecule has 0 bridgehead atoms. The van der Waals surface area contributed by atoms with Gasteiger partial charge in [0.25, 0.3) is 0 Å². The Morgan fingerprint density at radius 3 is 2.68 bits per heavy atom. The zero-order valence-electron chi connectivity index (χ0n) is 17.1. The predicted octanol–water partition coefficient (Wildman–Crippen LogP) is 4.05. The maximum Gasteiger partial charge on any atom is 0.312 e. The molecule has 2 heterocycles. The van der Waals surface area contributed by atoms with Crippen LogP contribution in [0.2, 0.25) is 0 Å². The van der Waals surface area contributed by atoms with E-state index < -0.39 is 5.41 Å². The molecule has 0 N–H and O–H groups in total. The number of carbonyl (C=O) groups excluding carboxylic acids is 1. The molecule has 7 heteroatoms. The number of pyridine rings is 1. The van der Waals surface area contributed by atoms with Crippen LogP contribution in [0.25, 0.3) is 11.0 Å². The molecule has 6 nitrogen and oxygen atoms in total. The van der Waals surface area contributed by atoms with Crippen molar-refractivity contribution in [3.05, 3.63) is 52.3 Å². The standard InChI is InChI=1S/C21H25ClN4O2/c1-12-16(7-8-17-19(12)24-25-26(17)5)18(21(3,4)20(27)28-6)15-9-14(10-22)13(2)23-11-15/h7-9,11,18H,10H2,1-6H3. The van der Waals surface area contributed by atoms with Crippen LogP contribution >= 0.6 is 11.6 Å². The van der Waals surface area contributed by atoms with Crippen molar-refractivity contribution in [2.75, 3.05) is 7.11 Å². The number of aromatic nitrogens is 4. The monoisotopic (exact) mass is 400 g/mol. The van der Waals surface area contributed by atoms with E-state index in [0.29, 0.717) is 5.88 Å². The lowest BCUT2D eigenvalue weighted by atomic mass is 9.70. The van der Waals surface area contributed by atoms with Gasteiger partial charge >= 0.3 is 5.97 Å². The van der Waals surface area contributed by atoms with Crippen molar-refractivity contribution in [3.8, 4) is 0 Å². The fraction of sp³-hybridized carbons (Fsp3) is 0.429. The molecule has 1 atom stereocenters. The Hall–Kier alpha value is -2.47.